The third kappa shape index (κ3) is 5.85. The van der Waals surface area contributed by atoms with Gasteiger partial charge in [0, 0.05) is 19.6 Å². The lowest BCUT2D eigenvalue weighted by atomic mass is 9.89. The van der Waals surface area contributed by atoms with Crippen molar-refractivity contribution in [2.24, 2.45) is 5.92 Å². The van der Waals surface area contributed by atoms with Gasteiger partial charge in [0.1, 0.15) is 0 Å². The maximum Gasteiger partial charge on any atom is 0.239 e. The molecule has 0 bridgehead atoms. The monoisotopic (exact) mass is 401 g/mol. The molecule has 3 rings (SSSR count). The van der Waals surface area contributed by atoms with Gasteiger partial charge in [0.15, 0.2) is 0 Å². The highest BCUT2D eigenvalue weighted by Gasteiger charge is 2.31. The summed E-state index contributed by atoms with van der Waals surface area (Å²) in [6, 6.07) is 11.2. The zero-order valence-electron chi connectivity index (χ0n) is 15.9. The second-order valence-corrected chi connectivity index (χ2v) is 7.44. The Kier molecular flexibility index (Phi) is 9.94. The van der Waals surface area contributed by atoms with Crippen LogP contribution < -0.4 is 5.32 Å². The van der Waals surface area contributed by atoms with Gasteiger partial charge in [-0.3, -0.25) is 9.69 Å². The van der Waals surface area contributed by atoms with Gasteiger partial charge >= 0.3 is 0 Å². The molecule has 1 N–H and O–H groups in total. The van der Waals surface area contributed by atoms with Crippen molar-refractivity contribution < 1.29 is 4.79 Å². The van der Waals surface area contributed by atoms with Crippen molar-refractivity contribution in [3.05, 3.63) is 35.9 Å². The Balaban J connectivity index is 0.00000169. The normalized spacial score (nSPS) is 22.2. The number of benzene rings is 1. The minimum atomic E-state index is 0. The molecule has 0 aliphatic carbocycles. The van der Waals surface area contributed by atoms with E-state index in [1.165, 1.54) is 24.8 Å². The van der Waals surface area contributed by atoms with Crippen molar-refractivity contribution in [1.29, 1.82) is 0 Å². The molecule has 1 aromatic carbocycles. The van der Waals surface area contributed by atoms with E-state index in [2.05, 4.69) is 47.5 Å². The summed E-state index contributed by atoms with van der Waals surface area (Å²) in [5, 5.41) is 3.35. The fraction of sp³-hybridized carbons (Fsp3) is 0.650. The van der Waals surface area contributed by atoms with Crippen LogP contribution in [0.1, 0.15) is 31.7 Å². The Morgan fingerprint density at radius 2 is 1.85 bits per heavy atom. The summed E-state index contributed by atoms with van der Waals surface area (Å²) >= 11 is 0. The smallest absolute Gasteiger partial charge is 0.239 e. The lowest BCUT2D eigenvalue weighted by Crippen LogP contribution is -2.51. The lowest BCUT2D eigenvalue weighted by Gasteiger charge is -2.37. The van der Waals surface area contributed by atoms with Gasteiger partial charge < -0.3 is 10.2 Å². The third-order valence-corrected chi connectivity index (χ3v) is 5.85. The number of carbonyl (C=O) groups excluding carboxylic acids is 1. The number of likely N-dealkylation sites (N-methyl/N-ethyl adjacent to an activating group) is 1. The van der Waals surface area contributed by atoms with Crippen LogP contribution in [0.5, 0.6) is 0 Å². The van der Waals surface area contributed by atoms with Crippen LogP contribution in [0, 0.1) is 5.92 Å². The first kappa shape index (κ1) is 23.2. The summed E-state index contributed by atoms with van der Waals surface area (Å²) in [4.78, 5) is 17.1. The largest absolute Gasteiger partial charge is 0.340 e. The molecule has 4 nitrogen and oxygen atoms in total. The van der Waals surface area contributed by atoms with E-state index >= 15 is 0 Å². The van der Waals surface area contributed by atoms with Crippen molar-refractivity contribution in [3.63, 3.8) is 0 Å². The zero-order chi connectivity index (χ0) is 16.9. The molecule has 148 valence electrons. The first-order valence-electron chi connectivity index (χ1n) is 9.40. The highest BCUT2D eigenvalue weighted by Crippen LogP contribution is 2.23. The van der Waals surface area contributed by atoms with E-state index in [0.29, 0.717) is 6.04 Å². The fourth-order valence-corrected chi connectivity index (χ4v) is 4.09. The van der Waals surface area contributed by atoms with Crippen molar-refractivity contribution in [2.75, 3.05) is 33.2 Å². The molecule has 2 saturated heterocycles. The minimum absolute atomic E-state index is 0. The standard InChI is InChI=1S/C20H31N3O.2ClH/c1-16(20(24)22(2)19-8-11-21-15-19)23-12-9-18(10-13-23)14-17-6-4-3-5-7-17;;/h3-7,16,18-19,21H,8-15H2,1-2H3;2*1H. The van der Waals surface area contributed by atoms with Crippen molar-refractivity contribution in [2.45, 2.75) is 44.7 Å². The number of halogens is 2. The molecule has 2 heterocycles. The Morgan fingerprint density at radius 1 is 1.19 bits per heavy atom. The Labute approximate surface area is 170 Å². The van der Waals surface area contributed by atoms with Gasteiger partial charge in [-0.15, -0.1) is 24.8 Å². The third-order valence-electron chi connectivity index (χ3n) is 5.85. The molecule has 0 saturated carbocycles. The zero-order valence-corrected chi connectivity index (χ0v) is 17.5. The molecule has 1 aromatic rings. The van der Waals surface area contributed by atoms with E-state index < -0.39 is 0 Å². The van der Waals surface area contributed by atoms with Crippen LogP contribution in [0.25, 0.3) is 0 Å². The predicted molar refractivity (Wildman–Crippen MR) is 112 cm³/mol. The molecule has 2 aliphatic rings. The molecule has 2 atom stereocenters. The second kappa shape index (κ2) is 11.1. The van der Waals surface area contributed by atoms with Crippen LogP contribution in [0.15, 0.2) is 30.3 Å². The van der Waals surface area contributed by atoms with Crippen LogP contribution in [-0.2, 0) is 11.2 Å². The molecule has 0 radical (unpaired) electrons. The molecule has 2 aliphatic heterocycles. The van der Waals surface area contributed by atoms with Crippen LogP contribution in [0.2, 0.25) is 0 Å². The molecule has 0 aromatic heterocycles. The predicted octanol–water partition coefficient (Wildman–Crippen LogP) is 2.99. The van der Waals surface area contributed by atoms with Crippen LogP contribution >= 0.6 is 24.8 Å². The van der Waals surface area contributed by atoms with E-state index in [0.717, 1.165) is 38.5 Å². The molecule has 6 heteroatoms. The minimum Gasteiger partial charge on any atom is -0.340 e. The lowest BCUT2D eigenvalue weighted by molar-refractivity contribution is -0.137. The first-order valence-corrected chi connectivity index (χ1v) is 9.40. The number of nitrogens with zero attached hydrogens (tertiary/aromatic N) is 2. The second-order valence-electron chi connectivity index (χ2n) is 7.44. The van der Waals surface area contributed by atoms with Gasteiger partial charge in [-0.05, 0) is 63.7 Å². The van der Waals surface area contributed by atoms with Gasteiger partial charge in [-0.2, -0.15) is 0 Å². The van der Waals surface area contributed by atoms with Crippen molar-refractivity contribution in [3.8, 4) is 0 Å². The molecule has 2 fully saturated rings. The van der Waals surface area contributed by atoms with Gasteiger partial charge in [0.2, 0.25) is 5.91 Å². The summed E-state index contributed by atoms with van der Waals surface area (Å²) in [5.74, 6) is 1.04. The maximum absolute atomic E-state index is 12.8. The van der Waals surface area contributed by atoms with E-state index in [9.17, 15) is 4.79 Å². The number of hydrogen-bond donors (Lipinski definition) is 1. The average molecular weight is 402 g/mol. The summed E-state index contributed by atoms with van der Waals surface area (Å²) in [6.07, 6.45) is 4.64. The first-order chi connectivity index (χ1) is 11.6. The number of likely N-dealkylation sites (tertiary alicyclic amines) is 1. The van der Waals surface area contributed by atoms with Gasteiger partial charge in [-0.1, -0.05) is 30.3 Å². The number of nitrogens with one attached hydrogen (secondary N) is 1. The molecule has 26 heavy (non-hydrogen) atoms. The van der Waals surface area contributed by atoms with Gasteiger partial charge in [-0.25, -0.2) is 0 Å². The SMILES string of the molecule is CC(C(=O)N(C)C1CCNC1)N1CCC(Cc2ccccc2)CC1.Cl.Cl. The fourth-order valence-electron chi connectivity index (χ4n) is 4.09. The molecular formula is C20H33Cl2N3O. The number of hydrogen-bond acceptors (Lipinski definition) is 3. The molecule has 1 amide bonds. The number of carbonyl (C=O) groups is 1. The Hall–Kier alpha value is -0.810. The Morgan fingerprint density at radius 3 is 2.42 bits per heavy atom. The van der Waals surface area contributed by atoms with Gasteiger partial charge in [0.05, 0.1) is 6.04 Å². The van der Waals surface area contributed by atoms with E-state index in [4.69, 9.17) is 0 Å². The van der Waals surface area contributed by atoms with Crippen LogP contribution in [0.3, 0.4) is 0 Å². The summed E-state index contributed by atoms with van der Waals surface area (Å²) in [6.45, 7) is 6.14. The number of amides is 1. The van der Waals surface area contributed by atoms with Gasteiger partial charge in [0.25, 0.3) is 0 Å². The number of rotatable bonds is 5. The van der Waals surface area contributed by atoms with E-state index in [-0.39, 0.29) is 36.8 Å². The van der Waals surface area contributed by atoms with Crippen LogP contribution in [0.4, 0.5) is 0 Å². The van der Waals surface area contributed by atoms with E-state index in [1.807, 2.05) is 11.9 Å². The summed E-state index contributed by atoms with van der Waals surface area (Å²) in [7, 11) is 1.97. The Bertz CT molecular complexity index is 529. The molecular weight excluding hydrogens is 369 g/mol. The van der Waals surface area contributed by atoms with Crippen molar-refractivity contribution in [1.82, 2.24) is 15.1 Å². The molecule has 2 unspecified atom stereocenters. The van der Waals surface area contributed by atoms with Crippen molar-refractivity contribution >= 4 is 30.7 Å². The van der Waals surface area contributed by atoms with Crippen LogP contribution in [-0.4, -0.2) is 61.0 Å². The quantitative estimate of drug-likeness (QED) is 0.823. The summed E-state index contributed by atoms with van der Waals surface area (Å²) in [5.41, 5.74) is 1.44. The summed E-state index contributed by atoms with van der Waals surface area (Å²) < 4.78 is 0. The highest BCUT2D eigenvalue weighted by atomic mass is 35.5. The maximum atomic E-state index is 12.8. The topological polar surface area (TPSA) is 35.6 Å². The molecule has 0 spiro atoms. The number of piperidine rings is 1. The average Bonchev–Trinajstić information content (AvgIpc) is 3.16. The highest BCUT2D eigenvalue weighted by molar-refractivity contribution is 5.85. The van der Waals surface area contributed by atoms with E-state index in [1.54, 1.807) is 0 Å².